The minimum atomic E-state index is -0.695. The second-order valence-corrected chi connectivity index (χ2v) is 3.46. The van der Waals surface area contributed by atoms with Crippen LogP contribution in [0, 0.1) is 5.92 Å². The molecule has 3 nitrogen and oxygen atoms in total. The normalized spacial score (nSPS) is 27.1. The number of carboxylic acids is 1. The van der Waals surface area contributed by atoms with Gasteiger partial charge in [-0.1, -0.05) is 13.3 Å². The molecule has 0 saturated heterocycles. The molecule has 0 aromatic carbocycles. The van der Waals surface area contributed by atoms with Crippen LogP contribution in [0.5, 0.6) is 0 Å². The maximum atomic E-state index is 10.2. The van der Waals surface area contributed by atoms with Crippen LogP contribution in [0.1, 0.15) is 32.6 Å². The highest BCUT2D eigenvalue weighted by Gasteiger charge is 2.34. The summed E-state index contributed by atoms with van der Waals surface area (Å²) in [6, 6.07) is 0.684. The zero-order valence-electron chi connectivity index (χ0n) is 7.55. The number of hydrogen-bond acceptors (Lipinski definition) is 2. The molecule has 3 heteroatoms. The Morgan fingerprint density at radius 3 is 2.92 bits per heavy atom. The highest BCUT2D eigenvalue weighted by atomic mass is 16.4. The molecule has 1 rings (SSSR count). The van der Waals surface area contributed by atoms with Gasteiger partial charge >= 0.3 is 5.97 Å². The fourth-order valence-electron chi connectivity index (χ4n) is 1.48. The number of hydrogen-bond donors (Lipinski definition) is 2. The van der Waals surface area contributed by atoms with Crippen molar-refractivity contribution in [3.05, 3.63) is 0 Å². The van der Waals surface area contributed by atoms with Gasteiger partial charge in [0.2, 0.25) is 0 Å². The molecule has 70 valence electrons. The quantitative estimate of drug-likeness (QED) is 0.591. The molecule has 1 aliphatic carbocycles. The van der Waals surface area contributed by atoms with Gasteiger partial charge in [0.15, 0.2) is 0 Å². The first-order chi connectivity index (χ1) is 5.74. The Bertz CT molecular complexity index is 159. The molecule has 0 aliphatic heterocycles. The molecule has 0 radical (unpaired) electrons. The third-order valence-corrected chi connectivity index (χ3v) is 2.42. The van der Waals surface area contributed by atoms with E-state index in [9.17, 15) is 4.79 Å². The van der Waals surface area contributed by atoms with Gasteiger partial charge in [-0.15, -0.1) is 0 Å². The smallest absolute Gasteiger partial charge is 0.303 e. The molecule has 0 amide bonds. The molecule has 0 aromatic rings. The summed E-state index contributed by atoms with van der Waals surface area (Å²) in [7, 11) is 0. The van der Waals surface area contributed by atoms with Crippen molar-refractivity contribution in [2.24, 2.45) is 5.92 Å². The summed E-state index contributed by atoms with van der Waals surface area (Å²) in [5.74, 6) is 0.162. The molecule has 1 aliphatic rings. The molecule has 12 heavy (non-hydrogen) atoms. The van der Waals surface area contributed by atoms with Gasteiger partial charge in [-0.2, -0.15) is 0 Å². The lowest BCUT2D eigenvalue weighted by molar-refractivity contribution is -0.137. The van der Waals surface area contributed by atoms with Gasteiger partial charge in [-0.05, 0) is 25.3 Å². The monoisotopic (exact) mass is 171 g/mol. The van der Waals surface area contributed by atoms with E-state index in [4.69, 9.17) is 5.11 Å². The second kappa shape index (κ2) is 4.45. The summed E-state index contributed by atoms with van der Waals surface area (Å²) >= 11 is 0. The van der Waals surface area contributed by atoms with Crippen LogP contribution in [0.25, 0.3) is 0 Å². The zero-order valence-corrected chi connectivity index (χ0v) is 7.55. The molecule has 0 bridgehead atoms. The Morgan fingerprint density at radius 2 is 2.42 bits per heavy atom. The van der Waals surface area contributed by atoms with E-state index >= 15 is 0 Å². The van der Waals surface area contributed by atoms with E-state index in [0.717, 1.165) is 18.9 Å². The van der Waals surface area contributed by atoms with Crippen molar-refractivity contribution in [1.29, 1.82) is 0 Å². The standard InChI is InChI=1S/C9H17NO2/c1-2-7-6-8(7)10-5-3-4-9(11)12/h7-8,10H,2-6H2,1H3,(H,11,12). The van der Waals surface area contributed by atoms with Crippen molar-refractivity contribution in [3.63, 3.8) is 0 Å². The summed E-state index contributed by atoms with van der Waals surface area (Å²) in [5, 5.41) is 11.7. The van der Waals surface area contributed by atoms with Crippen molar-refractivity contribution >= 4 is 5.97 Å². The van der Waals surface area contributed by atoms with Crippen molar-refractivity contribution in [2.75, 3.05) is 6.54 Å². The number of carbonyl (C=O) groups is 1. The predicted octanol–water partition coefficient (Wildman–Crippen LogP) is 1.24. The van der Waals surface area contributed by atoms with Crippen molar-refractivity contribution in [1.82, 2.24) is 5.32 Å². The Hall–Kier alpha value is -0.570. The fraction of sp³-hybridized carbons (Fsp3) is 0.889. The van der Waals surface area contributed by atoms with E-state index in [0.29, 0.717) is 6.04 Å². The average Bonchev–Trinajstić information content (AvgIpc) is 2.76. The molecule has 0 heterocycles. The molecule has 2 atom stereocenters. The van der Waals surface area contributed by atoms with Gasteiger partial charge in [0.25, 0.3) is 0 Å². The third-order valence-electron chi connectivity index (χ3n) is 2.42. The van der Waals surface area contributed by atoms with Crippen LogP contribution < -0.4 is 5.32 Å². The molecular weight excluding hydrogens is 154 g/mol. The summed E-state index contributed by atoms with van der Waals surface area (Å²) < 4.78 is 0. The first-order valence-electron chi connectivity index (χ1n) is 4.69. The first-order valence-corrected chi connectivity index (χ1v) is 4.69. The number of aliphatic carboxylic acids is 1. The predicted molar refractivity (Wildman–Crippen MR) is 47.1 cm³/mol. The average molecular weight is 171 g/mol. The topological polar surface area (TPSA) is 49.3 Å². The highest BCUT2D eigenvalue weighted by Crippen LogP contribution is 2.32. The first kappa shape index (κ1) is 9.52. The summed E-state index contributed by atoms with van der Waals surface area (Å²) in [4.78, 5) is 10.2. The second-order valence-electron chi connectivity index (χ2n) is 3.46. The lowest BCUT2D eigenvalue weighted by Gasteiger charge is -2.00. The Balaban J connectivity index is 1.87. The lowest BCUT2D eigenvalue weighted by atomic mass is 10.3. The zero-order chi connectivity index (χ0) is 8.97. The van der Waals surface area contributed by atoms with Gasteiger partial charge in [0.05, 0.1) is 0 Å². The number of nitrogens with one attached hydrogen (secondary N) is 1. The van der Waals surface area contributed by atoms with Crippen LogP contribution >= 0.6 is 0 Å². The summed E-state index contributed by atoms with van der Waals surface area (Å²) in [6.45, 7) is 3.05. The van der Waals surface area contributed by atoms with Crippen LogP contribution in [-0.2, 0) is 4.79 Å². The molecule has 0 spiro atoms. The van der Waals surface area contributed by atoms with Crippen LogP contribution in [0.15, 0.2) is 0 Å². The van der Waals surface area contributed by atoms with Gasteiger partial charge in [0.1, 0.15) is 0 Å². The number of rotatable bonds is 6. The minimum Gasteiger partial charge on any atom is -0.481 e. The Labute approximate surface area is 73.2 Å². The maximum Gasteiger partial charge on any atom is 0.303 e. The van der Waals surface area contributed by atoms with Crippen LogP contribution in [-0.4, -0.2) is 23.7 Å². The van der Waals surface area contributed by atoms with E-state index in [1.807, 2.05) is 0 Å². The van der Waals surface area contributed by atoms with E-state index in [1.54, 1.807) is 0 Å². The Kier molecular flexibility index (Phi) is 3.53. The van der Waals surface area contributed by atoms with Gasteiger partial charge in [-0.3, -0.25) is 4.79 Å². The molecule has 0 aromatic heterocycles. The maximum absolute atomic E-state index is 10.2. The molecule has 2 unspecified atom stereocenters. The number of carboxylic acid groups (broad SMARTS) is 1. The highest BCUT2D eigenvalue weighted by molar-refractivity contribution is 5.66. The van der Waals surface area contributed by atoms with Gasteiger partial charge < -0.3 is 10.4 Å². The molecule has 2 N–H and O–H groups in total. The van der Waals surface area contributed by atoms with Crippen molar-refractivity contribution < 1.29 is 9.90 Å². The van der Waals surface area contributed by atoms with Crippen molar-refractivity contribution in [3.8, 4) is 0 Å². The molecular formula is C9H17NO2. The van der Waals surface area contributed by atoms with Crippen LogP contribution in [0.2, 0.25) is 0 Å². The third kappa shape index (κ3) is 3.22. The lowest BCUT2D eigenvalue weighted by Crippen LogP contribution is -2.20. The summed E-state index contributed by atoms with van der Waals surface area (Å²) in [6.07, 6.45) is 3.57. The SMILES string of the molecule is CCC1CC1NCCCC(=O)O. The van der Waals surface area contributed by atoms with E-state index < -0.39 is 5.97 Å². The largest absolute Gasteiger partial charge is 0.481 e. The molecule has 1 saturated carbocycles. The van der Waals surface area contributed by atoms with E-state index in [2.05, 4.69) is 12.2 Å². The minimum absolute atomic E-state index is 0.288. The molecule has 1 fully saturated rings. The van der Waals surface area contributed by atoms with Gasteiger partial charge in [0, 0.05) is 12.5 Å². The van der Waals surface area contributed by atoms with Crippen LogP contribution in [0.3, 0.4) is 0 Å². The van der Waals surface area contributed by atoms with Gasteiger partial charge in [-0.25, -0.2) is 0 Å². The summed E-state index contributed by atoms with van der Waals surface area (Å²) in [5.41, 5.74) is 0. The fourth-order valence-corrected chi connectivity index (χ4v) is 1.48. The Morgan fingerprint density at radius 1 is 1.67 bits per heavy atom. The van der Waals surface area contributed by atoms with E-state index in [1.165, 1.54) is 12.8 Å². The van der Waals surface area contributed by atoms with Crippen molar-refractivity contribution in [2.45, 2.75) is 38.6 Å². The van der Waals surface area contributed by atoms with Crippen LogP contribution in [0.4, 0.5) is 0 Å². The van der Waals surface area contributed by atoms with E-state index in [-0.39, 0.29) is 6.42 Å².